The summed E-state index contributed by atoms with van der Waals surface area (Å²) in [6, 6.07) is 6.90. The van der Waals surface area contributed by atoms with Crippen LogP contribution in [0.2, 0.25) is 0 Å². The predicted molar refractivity (Wildman–Crippen MR) is 98.2 cm³/mol. The molecule has 1 aromatic carbocycles. The highest BCUT2D eigenvalue weighted by Crippen LogP contribution is 2.49. The Balaban J connectivity index is 3.28. The zero-order valence-electron chi connectivity index (χ0n) is 9.86. The minimum atomic E-state index is 0.166. The molecule has 1 aromatic rings. The van der Waals surface area contributed by atoms with Gasteiger partial charge in [0.15, 0.2) is 0 Å². The number of halogens is 3. The number of hydrogen-bond donors (Lipinski definition) is 0. The van der Waals surface area contributed by atoms with Crippen LogP contribution < -0.4 is 0 Å². The zero-order chi connectivity index (χ0) is 12.3. The van der Waals surface area contributed by atoms with Crippen LogP contribution in [0.3, 0.4) is 0 Å². The van der Waals surface area contributed by atoms with Crippen LogP contribution in [-0.2, 0) is -0.565 Å². The van der Waals surface area contributed by atoms with Crippen LogP contribution in [0.5, 0.6) is 0 Å². The lowest BCUT2D eigenvalue weighted by molar-refractivity contribution is 0.637. The molecule has 90 valence electrons. The molecule has 0 fully saturated rings. The maximum atomic E-state index is 2.52. The molecule has 0 heterocycles. The molecular formula is C13H17I3. The van der Waals surface area contributed by atoms with Gasteiger partial charge < -0.3 is 0 Å². The normalized spacial score (nSPS) is 12.2. The number of benzene rings is 1. The summed E-state index contributed by atoms with van der Waals surface area (Å²) >= 11 is 7.56. The van der Waals surface area contributed by atoms with Gasteiger partial charge in [-0.05, 0) is 105 Å². The average Bonchev–Trinajstić information content (AvgIpc) is 2.17. The molecule has 3 heteroatoms. The van der Waals surface area contributed by atoms with Crippen LogP contribution in [0.4, 0.5) is 0 Å². The van der Waals surface area contributed by atoms with Crippen molar-refractivity contribution in [2.24, 2.45) is 0 Å². The molecule has 0 atom stereocenters. The van der Waals surface area contributed by atoms with E-state index < -0.39 is 0 Å². The molecule has 0 saturated carbocycles. The molecule has 0 unspecified atom stereocenters. The van der Waals surface area contributed by atoms with E-state index in [1.54, 1.807) is 5.56 Å². The van der Waals surface area contributed by atoms with E-state index in [0.29, 0.717) is 5.92 Å². The van der Waals surface area contributed by atoms with Gasteiger partial charge in [0.25, 0.3) is 0 Å². The Morgan fingerprint density at radius 1 is 1.12 bits per heavy atom. The van der Waals surface area contributed by atoms with Gasteiger partial charge in [-0.15, -0.1) is 0 Å². The summed E-state index contributed by atoms with van der Waals surface area (Å²) in [5.74, 6) is 0.702. The summed E-state index contributed by atoms with van der Waals surface area (Å²) in [6.07, 6.45) is 2.46. The molecule has 0 aliphatic carbocycles. The molecular weight excluding hydrogens is 537 g/mol. The zero-order valence-corrected chi connectivity index (χ0v) is 16.3. The maximum Gasteiger partial charge on any atom is 0.149 e. The topological polar surface area (TPSA) is 0 Å². The van der Waals surface area contributed by atoms with Gasteiger partial charge in [-0.25, -0.2) is 0 Å². The maximum absolute atomic E-state index is 2.52. The van der Waals surface area contributed by atoms with Crippen LogP contribution in [-0.4, -0.2) is 0 Å². The average molecular weight is 554 g/mol. The van der Waals surface area contributed by atoms with Gasteiger partial charge in [-0.1, -0.05) is 37.6 Å². The van der Waals surface area contributed by atoms with Crippen LogP contribution in [0.25, 0.3) is 0 Å². The van der Waals surface area contributed by atoms with Gasteiger partial charge in [-0.3, -0.25) is 0 Å². The summed E-state index contributed by atoms with van der Waals surface area (Å²) in [4.78, 5) is 0. The lowest BCUT2D eigenvalue weighted by Crippen LogP contribution is -2.07. The highest BCUT2D eigenvalue weighted by molar-refractivity contribution is 14.3. The summed E-state index contributed by atoms with van der Waals surface area (Å²) in [6.45, 7) is 6.76. The third-order valence-corrected chi connectivity index (χ3v) is 4.68. The van der Waals surface area contributed by atoms with E-state index in [4.69, 9.17) is 0 Å². The quantitative estimate of drug-likeness (QED) is 0.303. The molecule has 0 N–H and O–H groups in total. The first kappa shape index (κ1) is 15.5. The van der Waals surface area contributed by atoms with Gasteiger partial charge in [0.05, 0.1) is 0 Å². The van der Waals surface area contributed by atoms with E-state index in [2.05, 4.69) is 107 Å². The molecule has 0 aromatic heterocycles. The van der Waals surface area contributed by atoms with Crippen molar-refractivity contribution in [1.82, 2.24) is 0 Å². The monoisotopic (exact) mass is 554 g/mol. The third kappa shape index (κ3) is 3.96. The predicted octanol–water partition coefficient (Wildman–Crippen LogP) is 6.31. The molecule has 0 aliphatic heterocycles. The minimum absolute atomic E-state index is 0.166. The van der Waals surface area contributed by atoms with Crippen molar-refractivity contribution in [2.45, 2.75) is 39.0 Å². The fourth-order valence-electron chi connectivity index (χ4n) is 2.01. The van der Waals surface area contributed by atoms with Gasteiger partial charge in [0.1, 0.15) is -0.565 Å². The smallest absolute Gasteiger partial charge is 0.0648 e. The molecule has 0 spiro atoms. The molecule has 0 aliphatic rings. The fourth-order valence-corrected chi connectivity index (χ4v) is 3.48. The number of aryl methyl sites for hydroxylation is 1. The number of hydrogen-bond acceptors (Lipinski definition) is 0. The van der Waals surface area contributed by atoms with Gasteiger partial charge in [-0.2, -0.15) is 0 Å². The second kappa shape index (κ2) is 6.54. The molecule has 0 amide bonds. The van der Waals surface area contributed by atoms with Crippen molar-refractivity contribution < 1.29 is 0 Å². The lowest BCUT2D eigenvalue weighted by Gasteiger charge is -2.23. The van der Waals surface area contributed by atoms with Gasteiger partial charge in [0.2, 0.25) is 0 Å². The summed E-state index contributed by atoms with van der Waals surface area (Å²) in [5, 5.41) is 0. The molecule has 1 rings (SSSR count). The lowest BCUT2D eigenvalue weighted by atomic mass is 9.89. The molecule has 0 nitrogen and oxygen atoms in total. The molecule has 0 bridgehead atoms. The van der Waals surface area contributed by atoms with Crippen LogP contribution >= 0.6 is 67.8 Å². The second-order valence-corrected chi connectivity index (χ2v) is 15.1. The summed E-state index contributed by atoms with van der Waals surface area (Å²) < 4.78 is 0.166. The van der Waals surface area contributed by atoms with Crippen LogP contribution in [0, 0.1) is 6.92 Å². The molecule has 0 saturated heterocycles. The van der Waals surface area contributed by atoms with E-state index in [1.807, 2.05) is 0 Å². The Morgan fingerprint density at radius 3 is 2.12 bits per heavy atom. The third-order valence-electron chi connectivity index (χ3n) is 2.94. The number of alkyl halides is 3. The van der Waals surface area contributed by atoms with E-state index in [1.165, 1.54) is 24.0 Å². The minimum Gasteiger partial charge on any atom is -0.0648 e. The standard InChI is InChI=1S/C13H17I3/c1-4-10(5-2)11-8-9(3)6-7-12(11)13(14,15)16/h6-8,10H,4-5H2,1-3H3. The Bertz CT molecular complexity index is 349. The van der Waals surface area contributed by atoms with E-state index in [9.17, 15) is 0 Å². The van der Waals surface area contributed by atoms with Gasteiger partial charge >= 0.3 is 0 Å². The van der Waals surface area contributed by atoms with Crippen LogP contribution in [0.15, 0.2) is 18.2 Å². The summed E-state index contributed by atoms with van der Waals surface area (Å²) in [7, 11) is 0. The molecule has 0 radical (unpaired) electrons. The highest BCUT2D eigenvalue weighted by atomic mass is 127. The van der Waals surface area contributed by atoms with E-state index in [0.717, 1.165) is 0 Å². The Morgan fingerprint density at radius 2 is 1.69 bits per heavy atom. The van der Waals surface area contributed by atoms with Crippen molar-refractivity contribution in [1.29, 1.82) is 0 Å². The fraction of sp³-hybridized carbons (Fsp3) is 0.538. The van der Waals surface area contributed by atoms with Crippen molar-refractivity contribution >= 4 is 67.8 Å². The van der Waals surface area contributed by atoms with Crippen molar-refractivity contribution in [3.8, 4) is 0 Å². The molecule has 16 heavy (non-hydrogen) atoms. The first-order valence-electron chi connectivity index (χ1n) is 5.57. The van der Waals surface area contributed by atoms with E-state index >= 15 is 0 Å². The first-order valence-corrected chi connectivity index (χ1v) is 8.81. The Hall–Kier alpha value is 1.41. The first-order chi connectivity index (χ1) is 7.40. The second-order valence-electron chi connectivity index (χ2n) is 4.10. The Kier molecular flexibility index (Phi) is 6.32. The Labute approximate surface area is 140 Å². The summed E-state index contributed by atoms with van der Waals surface area (Å²) in [5.41, 5.74) is 4.40. The SMILES string of the molecule is CCC(CC)c1cc(C)ccc1C(I)(I)I. The number of rotatable bonds is 4. The van der Waals surface area contributed by atoms with Crippen molar-refractivity contribution in [3.05, 3.63) is 34.9 Å². The highest BCUT2D eigenvalue weighted by Gasteiger charge is 2.26. The van der Waals surface area contributed by atoms with Gasteiger partial charge in [0, 0.05) is 0 Å². The van der Waals surface area contributed by atoms with Crippen LogP contribution in [0.1, 0.15) is 49.3 Å². The van der Waals surface area contributed by atoms with E-state index in [-0.39, 0.29) is -0.565 Å². The largest absolute Gasteiger partial charge is 0.149 e. The van der Waals surface area contributed by atoms with Crippen molar-refractivity contribution in [3.63, 3.8) is 0 Å². The van der Waals surface area contributed by atoms with Crippen molar-refractivity contribution in [2.75, 3.05) is 0 Å².